The van der Waals surface area contributed by atoms with E-state index in [9.17, 15) is 5.11 Å². The quantitative estimate of drug-likeness (QED) is 0.538. The van der Waals surface area contributed by atoms with Crippen LogP contribution in [0.4, 0.5) is 0 Å². The van der Waals surface area contributed by atoms with Crippen LogP contribution < -0.4 is 4.74 Å². The number of rotatable bonds is 0. The molecule has 28 heavy (non-hydrogen) atoms. The fourth-order valence-corrected chi connectivity index (χ4v) is 8.93. The first-order valence-corrected chi connectivity index (χ1v) is 11.6. The summed E-state index contributed by atoms with van der Waals surface area (Å²) in [4.78, 5) is 0. The summed E-state index contributed by atoms with van der Waals surface area (Å²) in [6, 6.07) is 5.73. The highest BCUT2D eigenvalue weighted by atomic mass is 16.5. The minimum atomic E-state index is -0.110. The van der Waals surface area contributed by atoms with Crippen molar-refractivity contribution in [2.45, 2.75) is 91.6 Å². The predicted octanol–water partition coefficient (Wildman–Crippen LogP) is 6.74. The number of aromatic hydroxyl groups is 1. The third-order valence-corrected chi connectivity index (χ3v) is 10.2. The molecule has 4 aliphatic rings. The Bertz CT molecular complexity index is 798. The van der Waals surface area contributed by atoms with Crippen molar-refractivity contribution in [3.8, 4) is 11.5 Å². The average molecular weight is 383 g/mol. The summed E-state index contributed by atoms with van der Waals surface area (Å²) in [6.45, 7) is 12.7. The maximum absolute atomic E-state index is 10.0. The molecule has 0 radical (unpaired) electrons. The Hall–Kier alpha value is -1.18. The summed E-state index contributed by atoms with van der Waals surface area (Å²) < 4.78 is 6.94. The Morgan fingerprint density at radius 2 is 1.75 bits per heavy atom. The van der Waals surface area contributed by atoms with Crippen molar-refractivity contribution in [2.24, 2.45) is 34.0 Å². The molecule has 6 atom stereocenters. The Labute approximate surface area is 171 Å². The van der Waals surface area contributed by atoms with E-state index < -0.39 is 0 Å². The van der Waals surface area contributed by atoms with Crippen molar-refractivity contribution in [3.05, 3.63) is 23.8 Å². The summed E-state index contributed by atoms with van der Waals surface area (Å²) in [5, 5.41) is 10.0. The van der Waals surface area contributed by atoms with Gasteiger partial charge in [-0.05, 0) is 85.3 Å². The molecule has 3 saturated carbocycles. The number of hydrogen-bond acceptors (Lipinski definition) is 2. The van der Waals surface area contributed by atoms with Gasteiger partial charge in [-0.2, -0.15) is 0 Å². The molecule has 0 saturated heterocycles. The minimum absolute atomic E-state index is 0.110. The van der Waals surface area contributed by atoms with Gasteiger partial charge in [0.2, 0.25) is 0 Å². The van der Waals surface area contributed by atoms with Gasteiger partial charge in [-0.3, -0.25) is 0 Å². The minimum Gasteiger partial charge on any atom is -0.508 e. The second-order valence-electron chi connectivity index (χ2n) is 11.8. The van der Waals surface area contributed by atoms with Crippen LogP contribution in [0.25, 0.3) is 0 Å². The molecule has 5 rings (SSSR count). The molecular weight excluding hydrogens is 344 g/mol. The van der Waals surface area contributed by atoms with Gasteiger partial charge in [0.15, 0.2) is 0 Å². The highest BCUT2D eigenvalue weighted by Crippen LogP contribution is 2.71. The lowest BCUT2D eigenvalue weighted by molar-refractivity contribution is -0.225. The first-order valence-electron chi connectivity index (χ1n) is 11.6. The topological polar surface area (TPSA) is 29.5 Å². The van der Waals surface area contributed by atoms with Gasteiger partial charge in [-0.1, -0.05) is 41.0 Å². The van der Waals surface area contributed by atoms with Crippen molar-refractivity contribution in [2.75, 3.05) is 0 Å². The lowest BCUT2D eigenvalue weighted by Gasteiger charge is -2.68. The molecule has 1 spiro atoms. The highest BCUT2D eigenvalue weighted by Gasteiger charge is 2.68. The average Bonchev–Trinajstić information content (AvgIpc) is 2.99. The molecule has 0 aromatic heterocycles. The molecule has 3 aliphatic carbocycles. The van der Waals surface area contributed by atoms with E-state index in [4.69, 9.17) is 4.74 Å². The summed E-state index contributed by atoms with van der Waals surface area (Å²) in [5.41, 5.74) is 2.21. The zero-order valence-electron chi connectivity index (χ0n) is 18.5. The van der Waals surface area contributed by atoms with Gasteiger partial charge < -0.3 is 9.84 Å². The van der Waals surface area contributed by atoms with Gasteiger partial charge >= 0.3 is 0 Å². The summed E-state index contributed by atoms with van der Waals surface area (Å²) in [7, 11) is 0. The molecule has 1 heterocycles. The van der Waals surface area contributed by atoms with Crippen LogP contribution in [0.3, 0.4) is 0 Å². The first-order chi connectivity index (χ1) is 13.1. The van der Waals surface area contributed by atoms with E-state index in [1.54, 1.807) is 6.07 Å². The van der Waals surface area contributed by atoms with Gasteiger partial charge in [-0.25, -0.2) is 0 Å². The van der Waals surface area contributed by atoms with E-state index >= 15 is 0 Å². The van der Waals surface area contributed by atoms with E-state index in [0.717, 1.165) is 24.0 Å². The van der Waals surface area contributed by atoms with Crippen LogP contribution in [-0.2, 0) is 6.42 Å². The van der Waals surface area contributed by atoms with Crippen molar-refractivity contribution < 1.29 is 9.84 Å². The Kier molecular flexibility index (Phi) is 3.83. The predicted molar refractivity (Wildman–Crippen MR) is 114 cm³/mol. The van der Waals surface area contributed by atoms with Crippen LogP contribution in [-0.4, -0.2) is 10.7 Å². The molecule has 0 amide bonds. The SMILES string of the molecule is CC1CCC2C3(C)CCCC(C)(C)C3CCC2(C)C12Cc1cc(O)ccc1O2. The van der Waals surface area contributed by atoms with E-state index in [2.05, 4.69) is 34.6 Å². The maximum Gasteiger partial charge on any atom is 0.123 e. The standard InChI is InChI=1S/C26H38O2/c1-17-7-10-22-24(4)13-6-12-23(2,3)21(24)11-14-25(22,5)26(17)16-18-15-19(27)8-9-20(18)28-26/h8-9,15,17,21-22,27H,6-7,10-14,16H2,1-5H3. The van der Waals surface area contributed by atoms with Gasteiger partial charge in [0, 0.05) is 17.4 Å². The smallest absolute Gasteiger partial charge is 0.123 e. The normalized spacial score (nSPS) is 46.4. The number of benzene rings is 1. The van der Waals surface area contributed by atoms with Crippen molar-refractivity contribution in [1.82, 2.24) is 0 Å². The van der Waals surface area contributed by atoms with Crippen molar-refractivity contribution in [1.29, 1.82) is 0 Å². The van der Waals surface area contributed by atoms with Crippen LogP contribution >= 0.6 is 0 Å². The van der Waals surface area contributed by atoms with E-state index in [1.165, 1.54) is 50.5 Å². The van der Waals surface area contributed by atoms with Gasteiger partial charge in [0.25, 0.3) is 0 Å². The molecule has 1 aromatic carbocycles. The van der Waals surface area contributed by atoms with E-state index in [1.807, 2.05) is 12.1 Å². The fourth-order valence-electron chi connectivity index (χ4n) is 8.93. The zero-order valence-corrected chi connectivity index (χ0v) is 18.5. The highest BCUT2D eigenvalue weighted by molar-refractivity contribution is 5.45. The van der Waals surface area contributed by atoms with E-state index in [-0.39, 0.29) is 11.0 Å². The van der Waals surface area contributed by atoms with Crippen LogP contribution in [0.15, 0.2) is 18.2 Å². The maximum atomic E-state index is 10.0. The molecule has 3 fully saturated rings. The third-order valence-electron chi connectivity index (χ3n) is 10.2. The molecule has 6 unspecified atom stereocenters. The monoisotopic (exact) mass is 382 g/mol. The Balaban J connectivity index is 1.59. The number of phenols is 1. The van der Waals surface area contributed by atoms with Gasteiger partial charge in [0.05, 0.1) is 0 Å². The van der Waals surface area contributed by atoms with Crippen LogP contribution in [0.2, 0.25) is 0 Å². The lowest BCUT2D eigenvalue weighted by atomic mass is 9.37. The first kappa shape index (κ1) is 18.8. The second kappa shape index (κ2) is 5.70. The molecule has 2 heteroatoms. The van der Waals surface area contributed by atoms with Crippen molar-refractivity contribution >= 4 is 0 Å². The fraction of sp³-hybridized carbons (Fsp3) is 0.769. The molecule has 154 valence electrons. The summed E-state index contributed by atoms with van der Waals surface area (Å²) in [5.74, 6) is 3.51. The third kappa shape index (κ3) is 2.21. The molecule has 0 bridgehead atoms. The number of phenolic OH excluding ortho intramolecular Hbond substituents is 1. The van der Waals surface area contributed by atoms with Gasteiger partial charge in [0.1, 0.15) is 17.1 Å². The van der Waals surface area contributed by atoms with Crippen molar-refractivity contribution in [3.63, 3.8) is 0 Å². The molecule has 1 aliphatic heterocycles. The molecule has 1 N–H and O–H groups in total. The van der Waals surface area contributed by atoms with Crippen LogP contribution in [0, 0.1) is 34.0 Å². The number of fused-ring (bicyclic) bond motifs is 5. The van der Waals surface area contributed by atoms with Gasteiger partial charge in [-0.15, -0.1) is 0 Å². The lowest BCUT2D eigenvalue weighted by Crippen LogP contribution is -2.67. The zero-order chi connectivity index (χ0) is 19.9. The largest absolute Gasteiger partial charge is 0.508 e. The second-order valence-corrected chi connectivity index (χ2v) is 11.8. The summed E-state index contributed by atoms with van der Waals surface area (Å²) >= 11 is 0. The molecule has 2 nitrogen and oxygen atoms in total. The molecular formula is C26H38O2. The number of ether oxygens (including phenoxy) is 1. The van der Waals surface area contributed by atoms with Crippen LogP contribution in [0.5, 0.6) is 11.5 Å². The Morgan fingerprint density at radius 3 is 2.54 bits per heavy atom. The number of hydrogen-bond donors (Lipinski definition) is 1. The molecule has 1 aromatic rings. The van der Waals surface area contributed by atoms with Crippen LogP contribution in [0.1, 0.15) is 85.1 Å². The summed E-state index contributed by atoms with van der Waals surface area (Å²) in [6.07, 6.45) is 10.4. The van der Waals surface area contributed by atoms with E-state index in [0.29, 0.717) is 22.5 Å². The Morgan fingerprint density at radius 1 is 0.964 bits per heavy atom.